The number of aryl methyl sites for hydroxylation is 1. The lowest BCUT2D eigenvalue weighted by Gasteiger charge is -2.02. The molecule has 8 heteroatoms. The highest BCUT2D eigenvalue weighted by atomic mass is 32.1. The van der Waals surface area contributed by atoms with Crippen LogP contribution in [0.1, 0.15) is 57.1 Å². The van der Waals surface area contributed by atoms with Gasteiger partial charge in [0.15, 0.2) is 0 Å². The molecule has 3 N–H and O–H groups in total. The first-order valence-electron chi connectivity index (χ1n) is 9.31. The lowest BCUT2D eigenvalue weighted by Crippen LogP contribution is -2.03. The number of aromatic amines is 1. The van der Waals surface area contributed by atoms with Gasteiger partial charge in [-0.3, -0.25) is 0 Å². The Hall–Kier alpha value is -2.71. The molecule has 29 heavy (non-hydrogen) atoms. The third kappa shape index (κ3) is 5.65. The number of aromatic nitrogens is 2. The van der Waals surface area contributed by atoms with Crippen molar-refractivity contribution in [3.8, 4) is 0 Å². The fourth-order valence-electron chi connectivity index (χ4n) is 2.93. The predicted octanol–water partition coefficient (Wildman–Crippen LogP) is 4.88. The Kier molecular flexibility index (Phi) is 7.00. The van der Waals surface area contributed by atoms with Crippen LogP contribution in [0.15, 0.2) is 34.5 Å². The summed E-state index contributed by atoms with van der Waals surface area (Å²) in [6.07, 6.45) is 5.25. The first-order chi connectivity index (χ1) is 14.0. The van der Waals surface area contributed by atoms with E-state index < -0.39 is 11.9 Å². The van der Waals surface area contributed by atoms with Gasteiger partial charge in [0.1, 0.15) is 10.7 Å². The zero-order chi connectivity index (χ0) is 20.8. The van der Waals surface area contributed by atoms with Crippen LogP contribution < -0.4 is 0 Å². The van der Waals surface area contributed by atoms with Gasteiger partial charge in [-0.05, 0) is 41.0 Å². The summed E-state index contributed by atoms with van der Waals surface area (Å²) >= 11 is 2.70. The van der Waals surface area contributed by atoms with Crippen LogP contribution in [-0.2, 0) is 24.1 Å². The summed E-state index contributed by atoms with van der Waals surface area (Å²) in [4.78, 5) is 32.1. The second kappa shape index (κ2) is 9.67. The van der Waals surface area contributed by atoms with Crippen molar-refractivity contribution in [2.24, 2.45) is 0 Å². The van der Waals surface area contributed by atoms with Crippen molar-refractivity contribution >= 4 is 40.7 Å². The summed E-state index contributed by atoms with van der Waals surface area (Å²) in [7, 11) is 0. The van der Waals surface area contributed by atoms with Gasteiger partial charge in [0.25, 0.3) is 0 Å². The summed E-state index contributed by atoms with van der Waals surface area (Å²) in [6, 6.07) is 5.47. The molecule has 0 bridgehead atoms. The topological polar surface area (TPSA) is 103 Å². The molecule has 0 unspecified atom stereocenters. The zero-order valence-electron chi connectivity index (χ0n) is 16.0. The number of aliphatic carboxylic acids is 1. The molecule has 3 aromatic heterocycles. The van der Waals surface area contributed by atoms with Crippen molar-refractivity contribution in [2.75, 3.05) is 0 Å². The third-order valence-corrected chi connectivity index (χ3v) is 6.25. The Bertz CT molecular complexity index is 1020. The van der Waals surface area contributed by atoms with Crippen molar-refractivity contribution in [1.29, 1.82) is 0 Å². The number of carboxylic acids is 2. The van der Waals surface area contributed by atoms with Crippen molar-refractivity contribution < 1.29 is 19.8 Å². The molecule has 0 aliphatic carbocycles. The number of aromatic carboxylic acids is 1. The normalized spacial score (nSPS) is 11.7. The van der Waals surface area contributed by atoms with Crippen LogP contribution in [0.5, 0.6) is 0 Å². The van der Waals surface area contributed by atoms with Gasteiger partial charge in [-0.1, -0.05) is 19.4 Å². The van der Waals surface area contributed by atoms with Crippen LogP contribution in [0.4, 0.5) is 0 Å². The lowest BCUT2D eigenvalue weighted by atomic mass is 10.1. The maximum absolute atomic E-state index is 11.8. The standard InChI is InChI=1S/C21H22N2O4S2/c1-2-3-6-19-22-16(8-13-9-18(21(26)27)29-12-13)17(23-19)11-14(20(24)25)10-15-5-4-7-28-15/h4-5,7,9,11-12H,2-3,6,8,10H2,1H3,(H,22,23)(H,24,25)(H,26,27)/b14-11+. The summed E-state index contributed by atoms with van der Waals surface area (Å²) in [5, 5.41) is 22.5. The number of hydrogen-bond donors (Lipinski definition) is 3. The third-order valence-electron chi connectivity index (χ3n) is 4.40. The van der Waals surface area contributed by atoms with Crippen molar-refractivity contribution in [2.45, 2.75) is 39.0 Å². The van der Waals surface area contributed by atoms with Crippen LogP contribution >= 0.6 is 22.7 Å². The number of carboxylic acid groups (broad SMARTS) is 2. The lowest BCUT2D eigenvalue weighted by molar-refractivity contribution is -0.132. The van der Waals surface area contributed by atoms with Crippen molar-refractivity contribution in [3.63, 3.8) is 0 Å². The van der Waals surface area contributed by atoms with Gasteiger partial charge in [0.2, 0.25) is 0 Å². The monoisotopic (exact) mass is 430 g/mol. The second-order valence-electron chi connectivity index (χ2n) is 6.68. The van der Waals surface area contributed by atoms with Crippen LogP contribution in [0.25, 0.3) is 6.08 Å². The average molecular weight is 431 g/mol. The van der Waals surface area contributed by atoms with E-state index in [1.807, 2.05) is 22.9 Å². The molecule has 0 saturated heterocycles. The van der Waals surface area contributed by atoms with Gasteiger partial charge < -0.3 is 15.2 Å². The summed E-state index contributed by atoms with van der Waals surface area (Å²) in [6.45, 7) is 2.10. The smallest absolute Gasteiger partial charge is 0.345 e. The molecule has 0 aliphatic rings. The second-order valence-corrected chi connectivity index (χ2v) is 8.63. The highest BCUT2D eigenvalue weighted by molar-refractivity contribution is 7.12. The van der Waals surface area contributed by atoms with Crippen molar-refractivity contribution in [3.05, 3.63) is 67.1 Å². The fourth-order valence-corrected chi connectivity index (χ4v) is 4.41. The minimum absolute atomic E-state index is 0.277. The Balaban J connectivity index is 1.92. The van der Waals surface area contributed by atoms with Gasteiger partial charge in [-0.25, -0.2) is 14.6 Å². The predicted molar refractivity (Wildman–Crippen MR) is 115 cm³/mol. The minimum Gasteiger partial charge on any atom is -0.478 e. The molecule has 3 aromatic rings. The van der Waals surface area contributed by atoms with E-state index in [1.165, 1.54) is 22.7 Å². The Morgan fingerprint density at radius 1 is 1.28 bits per heavy atom. The van der Waals surface area contributed by atoms with Crippen LogP contribution in [0.2, 0.25) is 0 Å². The van der Waals surface area contributed by atoms with Gasteiger partial charge in [-0.2, -0.15) is 0 Å². The summed E-state index contributed by atoms with van der Waals surface area (Å²) in [5.41, 5.74) is 2.55. The summed E-state index contributed by atoms with van der Waals surface area (Å²) in [5.74, 6) is -1.09. The number of carbonyl (C=O) groups is 2. The Labute approximate surface area is 176 Å². The molecule has 0 aliphatic heterocycles. The van der Waals surface area contributed by atoms with E-state index in [-0.39, 0.29) is 10.5 Å². The molecule has 0 amide bonds. The molecule has 3 heterocycles. The highest BCUT2D eigenvalue weighted by Gasteiger charge is 2.16. The van der Waals surface area contributed by atoms with Gasteiger partial charge >= 0.3 is 11.9 Å². The van der Waals surface area contributed by atoms with Crippen LogP contribution in [-0.4, -0.2) is 32.1 Å². The molecule has 0 radical (unpaired) electrons. The molecule has 3 rings (SSSR count). The SMILES string of the molecule is CCCCc1nc(/C=C(\Cc2cccs2)C(=O)O)c(Cc2csc(C(=O)O)c2)[nH]1. The molecule has 152 valence electrons. The minimum atomic E-state index is -0.967. The quantitative estimate of drug-likeness (QED) is 0.398. The van der Waals surface area contributed by atoms with E-state index in [0.29, 0.717) is 18.5 Å². The number of hydrogen-bond acceptors (Lipinski definition) is 5. The molecular weight excluding hydrogens is 408 g/mol. The molecular formula is C21H22N2O4S2. The number of nitrogens with zero attached hydrogens (tertiary/aromatic N) is 1. The number of rotatable bonds is 10. The van der Waals surface area contributed by atoms with E-state index in [2.05, 4.69) is 16.9 Å². The Morgan fingerprint density at radius 3 is 2.72 bits per heavy atom. The van der Waals surface area contributed by atoms with Crippen LogP contribution in [0, 0.1) is 0 Å². The molecule has 0 spiro atoms. The van der Waals surface area contributed by atoms with Gasteiger partial charge in [-0.15, -0.1) is 22.7 Å². The Morgan fingerprint density at radius 2 is 2.10 bits per heavy atom. The van der Waals surface area contributed by atoms with E-state index in [9.17, 15) is 14.7 Å². The number of unbranched alkanes of at least 4 members (excludes halogenated alkanes) is 1. The largest absolute Gasteiger partial charge is 0.478 e. The number of nitrogens with one attached hydrogen (secondary N) is 1. The fraction of sp³-hybridized carbons (Fsp3) is 0.286. The van der Waals surface area contributed by atoms with Crippen molar-refractivity contribution in [1.82, 2.24) is 9.97 Å². The number of imidazole rings is 1. The van der Waals surface area contributed by atoms with E-state index >= 15 is 0 Å². The highest BCUT2D eigenvalue weighted by Crippen LogP contribution is 2.23. The molecule has 0 atom stereocenters. The molecule has 0 fully saturated rings. The average Bonchev–Trinajstić information content (AvgIpc) is 3.42. The maximum atomic E-state index is 11.8. The molecule has 6 nitrogen and oxygen atoms in total. The molecule has 0 saturated carbocycles. The van der Waals surface area contributed by atoms with E-state index in [4.69, 9.17) is 5.11 Å². The van der Waals surface area contributed by atoms with E-state index in [1.54, 1.807) is 12.1 Å². The van der Waals surface area contributed by atoms with E-state index in [0.717, 1.165) is 41.2 Å². The number of H-pyrrole nitrogens is 1. The van der Waals surface area contributed by atoms with Gasteiger partial charge in [0.05, 0.1) is 5.69 Å². The van der Waals surface area contributed by atoms with Crippen LogP contribution in [0.3, 0.4) is 0 Å². The first-order valence-corrected chi connectivity index (χ1v) is 11.1. The van der Waals surface area contributed by atoms with Gasteiger partial charge in [0, 0.05) is 35.4 Å². The summed E-state index contributed by atoms with van der Waals surface area (Å²) < 4.78 is 0. The maximum Gasteiger partial charge on any atom is 0.345 e. The zero-order valence-corrected chi connectivity index (χ0v) is 17.6. The molecule has 0 aromatic carbocycles. The number of thiophene rings is 2. The first kappa shape index (κ1) is 21.0.